The van der Waals surface area contributed by atoms with Crippen LogP contribution < -0.4 is 24.2 Å². The Hall–Kier alpha value is -6.15. The minimum atomic E-state index is -0.749. The lowest BCUT2D eigenvalue weighted by atomic mass is 10.0. The topological polar surface area (TPSA) is 79.4 Å². The molecule has 0 aliphatic carbocycles. The largest absolute Gasteiger partial charge is 0.453 e. The van der Waals surface area contributed by atoms with Gasteiger partial charge in [-0.2, -0.15) is 0 Å². The summed E-state index contributed by atoms with van der Waals surface area (Å²) in [5, 5.41) is 0. The van der Waals surface area contributed by atoms with Crippen LogP contribution in [0.1, 0.15) is 5.56 Å². The molecule has 1 fully saturated rings. The van der Waals surface area contributed by atoms with Crippen molar-refractivity contribution in [3.63, 3.8) is 0 Å². The van der Waals surface area contributed by atoms with Crippen LogP contribution in [0.15, 0.2) is 127 Å². The number of fused-ring (bicyclic) bond motifs is 4. The number of hydrogen-bond donors (Lipinski definition) is 0. The standard InChI is InChI=1S/C35H21N3O5/c39-33-25(34(40)37(24-13-5-2-6-14-24)35(41)36(33)23-11-3-1-4-12-23)19-22-20-30-32-31(21-22)43-29-18-10-8-16-27(29)38(32)26-15-7-9-17-28(26)42-30/h1-21H. The van der Waals surface area contributed by atoms with Gasteiger partial charge in [-0.3, -0.25) is 14.5 Å². The average Bonchev–Trinajstić information content (AvgIpc) is 3.04. The molecule has 8 heteroatoms. The Morgan fingerprint density at radius 3 is 1.42 bits per heavy atom. The molecule has 3 aliphatic heterocycles. The smallest absolute Gasteiger partial charge is 0.343 e. The lowest BCUT2D eigenvalue weighted by molar-refractivity contribution is -0.121. The summed E-state index contributed by atoms with van der Waals surface area (Å²) in [6.45, 7) is 0. The van der Waals surface area contributed by atoms with Crippen molar-refractivity contribution >= 4 is 52.4 Å². The fourth-order valence-corrected chi connectivity index (χ4v) is 5.63. The lowest BCUT2D eigenvalue weighted by Gasteiger charge is -2.38. The van der Waals surface area contributed by atoms with Crippen LogP contribution in [-0.4, -0.2) is 17.8 Å². The van der Waals surface area contributed by atoms with Crippen molar-refractivity contribution in [1.82, 2.24) is 0 Å². The summed E-state index contributed by atoms with van der Waals surface area (Å²) >= 11 is 0. The van der Waals surface area contributed by atoms with Gasteiger partial charge in [0.1, 0.15) is 11.3 Å². The van der Waals surface area contributed by atoms with Crippen LogP contribution >= 0.6 is 0 Å². The number of anilines is 5. The number of barbiturate groups is 1. The first-order valence-corrected chi connectivity index (χ1v) is 13.6. The van der Waals surface area contributed by atoms with E-state index in [0.717, 1.165) is 21.2 Å². The molecule has 3 heterocycles. The zero-order valence-electron chi connectivity index (χ0n) is 22.5. The van der Waals surface area contributed by atoms with E-state index < -0.39 is 17.8 Å². The number of urea groups is 1. The molecule has 5 aromatic carbocycles. The molecule has 8 nitrogen and oxygen atoms in total. The van der Waals surface area contributed by atoms with Gasteiger partial charge in [-0.1, -0.05) is 60.7 Å². The fourth-order valence-electron chi connectivity index (χ4n) is 5.63. The molecule has 0 saturated carbocycles. The molecule has 1 saturated heterocycles. The molecule has 43 heavy (non-hydrogen) atoms. The Kier molecular flexibility index (Phi) is 5.42. The van der Waals surface area contributed by atoms with Gasteiger partial charge in [-0.25, -0.2) is 14.6 Å². The number of amides is 4. The van der Waals surface area contributed by atoms with Crippen molar-refractivity contribution in [2.75, 3.05) is 14.7 Å². The van der Waals surface area contributed by atoms with Crippen molar-refractivity contribution in [2.45, 2.75) is 0 Å². The van der Waals surface area contributed by atoms with Crippen LogP contribution in [0.25, 0.3) is 6.08 Å². The van der Waals surface area contributed by atoms with E-state index in [-0.39, 0.29) is 5.57 Å². The van der Waals surface area contributed by atoms with Crippen LogP contribution in [0.4, 0.5) is 33.2 Å². The first-order valence-electron chi connectivity index (χ1n) is 13.6. The maximum Gasteiger partial charge on any atom is 0.343 e. The van der Waals surface area contributed by atoms with E-state index >= 15 is 0 Å². The summed E-state index contributed by atoms with van der Waals surface area (Å²) < 4.78 is 12.6. The third-order valence-corrected chi connectivity index (χ3v) is 7.53. The zero-order valence-corrected chi connectivity index (χ0v) is 22.5. The molecule has 0 radical (unpaired) electrons. The van der Waals surface area contributed by atoms with E-state index in [4.69, 9.17) is 9.47 Å². The van der Waals surface area contributed by atoms with E-state index in [1.54, 1.807) is 72.8 Å². The Bertz CT molecular complexity index is 1870. The SMILES string of the molecule is O=C1C(=Cc2cc3c4c(c2)Oc2ccccc2N4c2ccccc2O3)C(=O)N(c2ccccc2)C(=O)N1c1ccccc1. The number of nitrogens with zero attached hydrogens (tertiary/aromatic N) is 3. The summed E-state index contributed by atoms with van der Waals surface area (Å²) in [5.74, 6) is 0.873. The molecule has 0 bridgehead atoms. The second-order valence-electron chi connectivity index (χ2n) is 10.1. The van der Waals surface area contributed by atoms with Gasteiger partial charge in [0, 0.05) is 0 Å². The van der Waals surface area contributed by atoms with E-state index in [9.17, 15) is 14.4 Å². The highest BCUT2D eigenvalue weighted by Crippen LogP contribution is 2.59. The molecule has 0 spiro atoms. The van der Waals surface area contributed by atoms with E-state index in [0.29, 0.717) is 45.6 Å². The molecule has 5 aromatic rings. The molecule has 3 aliphatic rings. The molecule has 4 amide bonds. The van der Waals surface area contributed by atoms with Gasteiger partial charge in [0.2, 0.25) is 0 Å². The molecule has 0 aromatic heterocycles. The molecular weight excluding hydrogens is 542 g/mol. The fraction of sp³-hybridized carbons (Fsp3) is 0. The minimum Gasteiger partial charge on any atom is -0.453 e. The van der Waals surface area contributed by atoms with Crippen molar-refractivity contribution < 1.29 is 23.9 Å². The molecule has 8 rings (SSSR count). The third kappa shape index (κ3) is 3.81. The van der Waals surface area contributed by atoms with Crippen LogP contribution in [0.5, 0.6) is 23.0 Å². The molecule has 0 unspecified atom stereocenters. The molecular formula is C35H21N3O5. The minimum absolute atomic E-state index is 0.177. The first-order chi connectivity index (χ1) is 21.1. The maximum atomic E-state index is 13.9. The number of para-hydroxylation sites is 6. The monoisotopic (exact) mass is 563 g/mol. The second-order valence-corrected chi connectivity index (χ2v) is 10.1. The van der Waals surface area contributed by atoms with Gasteiger partial charge in [0.05, 0.1) is 22.7 Å². The highest BCUT2D eigenvalue weighted by Gasteiger charge is 2.44. The van der Waals surface area contributed by atoms with Crippen molar-refractivity contribution in [3.8, 4) is 23.0 Å². The van der Waals surface area contributed by atoms with Crippen molar-refractivity contribution in [1.29, 1.82) is 0 Å². The summed E-state index contributed by atoms with van der Waals surface area (Å²) in [5.41, 5.74) is 3.48. The summed E-state index contributed by atoms with van der Waals surface area (Å²) in [6, 6.07) is 35.3. The van der Waals surface area contributed by atoms with E-state index in [1.165, 1.54) is 6.08 Å². The summed E-state index contributed by atoms with van der Waals surface area (Å²) in [7, 11) is 0. The van der Waals surface area contributed by atoms with Gasteiger partial charge in [-0.15, -0.1) is 0 Å². The van der Waals surface area contributed by atoms with Gasteiger partial charge in [0.15, 0.2) is 23.0 Å². The Morgan fingerprint density at radius 1 is 0.488 bits per heavy atom. The van der Waals surface area contributed by atoms with E-state index in [2.05, 4.69) is 4.90 Å². The Morgan fingerprint density at radius 2 is 0.930 bits per heavy atom. The molecule has 0 atom stereocenters. The Labute approximate surface area is 246 Å². The van der Waals surface area contributed by atoms with E-state index in [1.807, 2.05) is 48.5 Å². The molecule has 206 valence electrons. The van der Waals surface area contributed by atoms with Gasteiger partial charge in [-0.05, 0) is 72.3 Å². The highest BCUT2D eigenvalue weighted by molar-refractivity contribution is 6.46. The predicted octanol–water partition coefficient (Wildman–Crippen LogP) is 7.95. The first kappa shape index (κ1) is 24.6. The number of ether oxygens (including phenoxy) is 2. The van der Waals surface area contributed by atoms with Crippen LogP contribution in [0.2, 0.25) is 0 Å². The van der Waals surface area contributed by atoms with Gasteiger partial charge < -0.3 is 9.47 Å². The lowest BCUT2D eigenvalue weighted by Crippen LogP contribution is -2.57. The predicted molar refractivity (Wildman–Crippen MR) is 163 cm³/mol. The van der Waals surface area contributed by atoms with Crippen molar-refractivity contribution in [3.05, 3.63) is 132 Å². The zero-order chi connectivity index (χ0) is 29.1. The van der Waals surface area contributed by atoms with Crippen LogP contribution in [-0.2, 0) is 9.59 Å². The second kappa shape index (κ2) is 9.46. The van der Waals surface area contributed by atoms with Crippen LogP contribution in [0.3, 0.4) is 0 Å². The quantitative estimate of drug-likeness (QED) is 0.160. The molecule has 0 N–H and O–H groups in total. The van der Waals surface area contributed by atoms with Gasteiger partial charge in [0.25, 0.3) is 11.8 Å². The highest BCUT2D eigenvalue weighted by atomic mass is 16.5. The van der Waals surface area contributed by atoms with Crippen molar-refractivity contribution in [2.24, 2.45) is 0 Å². The maximum absolute atomic E-state index is 13.9. The number of carbonyl (C=O) groups is 3. The Balaban J connectivity index is 1.29. The summed E-state index contributed by atoms with van der Waals surface area (Å²) in [6.07, 6.45) is 1.48. The third-order valence-electron chi connectivity index (χ3n) is 7.53. The number of imide groups is 2. The average molecular weight is 564 g/mol. The van der Waals surface area contributed by atoms with Gasteiger partial charge >= 0.3 is 6.03 Å². The number of hydrogen-bond acceptors (Lipinski definition) is 6. The number of carbonyl (C=O) groups excluding carboxylic acids is 3. The number of benzene rings is 5. The normalized spacial score (nSPS) is 14.8. The summed E-state index contributed by atoms with van der Waals surface area (Å²) in [4.78, 5) is 45.5. The van der Waals surface area contributed by atoms with Crippen LogP contribution in [0, 0.1) is 0 Å². The number of rotatable bonds is 3.